The molecule has 0 unspecified atom stereocenters. The maximum absolute atomic E-state index is 13.8. The lowest BCUT2D eigenvalue weighted by Gasteiger charge is -2.27. The van der Waals surface area contributed by atoms with Crippen LogP contribution in [0.5, 0.6) is 0 Å². The lowest BCUT2D eigenvalue weighted by atomic mass is 10.0. The predicted molar refractivity (Wildman–Crippen MR) is 202 cm³/mol. The topological polar surface area (TPSA) is 397 Å². The first-order valence-electron chi connectivity index (χ1n) is 18.5. The summed E-state index contributed by atoms with van der Waals surface area (Å²) in [6.45, 7) is 3.10. The fourth-order valence-corrected chi connectivity index (χ4v) is 5.97. The fraction of sp³-hybridized carbons (Fsp3) is 0.618. The SMILES string of the molecule is CC(C)C[C@H](NC(=O)[C@H](Cc1cnc[nH]1)NC(=O)CNC(=O)[C@@H]1CCCN1C(=O)[C@@H](N)CC(=O)O)C(=O)N[C@@H](CCCN=C(N)N)C(=O)N[C@@H](CCC(=O)O)C(=O)O. The van der Waals surface area contributed by atoms with E-state index in [1.807, 2.05) is 0 Å². The Kier molecular flexibility index (Phi) is 19.5. The molecule has 1 aliphatic heterocycles. The van der Waals surface area contributed by atoms with E-state index >= 15 is 0 Å². The van der Waals surface area contributed by atoms with Gasteiger partial charge in [0.15, 0.2) is 5.96 Å². The van der Waals surface area contributed by atoms with Crippen molar-refractivity contribution in [2.75, 3.05) is 19.6 Å². The zero-order chi connectivity index (χ0) is 43.5. The number of nitrogens with zero attached hydrogens (tertiary/aromatic N) is 3. The predicted octanol–water partition coefficient (Wildman–Crippen LogP) is -4.15. The molecular formula is C34H54N12O12. The minimum Gasteiger partial charge on any atom is -0.481 e. The van der Waals surface area contributed by atoms with Gasteiger partial charge in [-0.15, -0.1) is 0 Å². The Labute approximate surface area is 332 Å². The Hall–Kier alpha value is -6.33. The molecule has 2 rings (SSSR count). The van der Waals surface area contributed by atoms with Crippen molar-refractivity contribution in [3.05, 3.63) is 18.2 Å². The maximum atomic E-state index is 13.8. The van der Waals surface area contributed by atoms with Crippen LogP contribution in [0.25, 0.3) is 0 Å². The summed E-state index contributed by atoms with van der Waals surface area (Å²) in [5.41, 5.74) is 16.9. The van der Waals surface area contributed by atoms with Gasteiger partial charge in [-0.3, -0.25) is 43.3 Å². The number of aromatic nitrogens is 2. The zero-order valence-electron chi connectivity index (χ0n) is 32.3. The molecule has 0 bridgehead atoms. The van der Waals surface area contributed by atoms with Gasteiger partial charge >= 0.3 is 17.9 Å². The number of rotatable bonds is 25. The number of aliphatic carboxylic acids is 3. The summed E-state index contributed by atoms with van der Waals surface area (Å²) >= 11 is 0. The first kappa shape index (κ1) is 47.8. The number of nitrogens with one attached hydrogen (secondary N) is 6. The molecule has 2 heterocycles. The van der Waals surface area contributed by atoms with Crippen molar-refractivity contribution in [1.29, 1.82) is 0 Å². The van der Waals surface area contributed by atoms with Gasteiger partial charge in [-0.2, -0.15) is 0 Å². The van der Waals surface area contributed by atoms with E-state index < -0.39 is 115 Å². The van der Waals surface area contributed by atoms with Crippen molar-refractivity contribution < 1.29 is 58.5 Å². The molecule has 6 atom stereocenters. The van der Waals surface area contributed by atoms with E-state index in [9.17, 15) is 48.3 Å². The number of carbonyl (C=O) groups excluding carboxylic acids is 6. The third-order valence-corrected chi connectivity index (χ3v) is 8.78. The molecule has 0 saturated carbocycles. The molecular weight excluding hydrogens is 768 g/mol. The van der Waals surface area contributed by atoms with Gasteiger partial charge in [-0.25, -0.2) is 9.78 Å². The molecule has 58 heavy (non-hydrogen) atoms. The number of guanidine groups is 1. The zero-order valence-corrected chi connectivity index (χ0v) is 32.3. The van der Waals surface area contributed by atoms with Gasteiger partial charge in [0.2, 0.25) is 35.4 Å². The number of imidazole rings is 1. The second kappa shape index (κ2) is 23.7. The highest BCUT2D eigenvalue weighted by Gasteiger charge is 2.37. The lowest BCUT2D eigenvalue weighted by molar-refractivity contribution is -0.144. The fourth-order valence-electron chi connectivity index (χ4n) is 5.97. The van der Waals surface area contributed by atoms with Crippen LogP contribution in [-0.4, -0.2) is 145 Å². The number of aromatic amines is 1. The minimum absolute atomic E-state index is 0.0446. The number of hydrogen-bond acceptors (Lipinski definition) is 12. The van der Waals surface area contributed by atoms with Gasteiger partial charge in [-0.05, 0) is 44.4 Å². The maximum Gasteiger partial charge on any atom is 0.326 e. The molecule has 0 aliphatic carbocycles. The molecule has 24 nitrogen and oxygen atoms in total. The van der Waals surface area contributed by atoms with Crippen molar-refractivity contribution >= 4 is 59.3 Å². The summed E-state index contributed by atoms with van der Waals surface area (Å²) in [5, 5.41) is 39.9. The van der Waals surface area contributed by atoms with Crippen molar-refractivity contribution in [2.24, 2.45) is 28.1 Å². The van der Waals surface area contributed by atoms with Crippen molar-refractivity contribution in [3.8, 4) is 0 Å². The van der Waals surface area contributed by atoms with Crippen LogP contribution in [0, 0.1) is 5.92 Å². The second-order valence-electron chi connectivity index (χ2n) is 14.0. The molecule has 1 aromatic rings. The van der Waals surface area contributed by atoms with E-state index in [0.29, 0.717) is 12.1 Å². The summed E-state index contributed by atoms with van der Waals surface area (Å²) in [6.07, 6.45) is 1.75. The Balaban J connectivity index is 2.22. The Morgan fingerprint density at radius 2 is 1.53 bits per heavy atom. The van der Waals surface area contributed by atoms with Crippen LogP contribution < -0.4 is 43.8 Å². The van der Waals surface area contributed by atoms with Crippen LogP contribution in [-0.2, 0) is 49.6 Å². The molecule has 1 saturated heterocycles. The van der Waals surface area contributed by atoms with Crippen LogP contribution in [0.3, 0.4) is 0 Å². The number of amides is 6. The molecule has 15 N–H and O–H groups in total. The number of carboxylic acid groups (broad SMARTS) is 3. The molecule has 0 aromatic carbocycles. The normalized spacial score (nSPS) is 16.1. The van der Waals surface area contributed by atoms with E-state index in [-0.39, 0.29) is 57.1 Å². The third kappa shape index (κ3) is 16.8. The first-order chi connectivity index (χ1) is 27.3. The summed E-state index contributed by atoms with van der Waals surface area (Å²) in [4.78, 5) is 125. The van der Waals surface area contributed by atoms with Gasteiger partial charge in [0.05, 0.1) is 25.3 Å². The number of H-pyrrole nitrogens is 1. The largest absolute Gasteiger partial charge is 0.481 e. The minimum atomic E-state index is -1.59. The summed E-state index contributed by atoms with van der Waals surface area (Å²) in [5.74, 6) is -9.33. The van der Waals surface area contributed by atoms with Gasteiger partial charge in [0, 0.05) is 37.8 Å². The van der Waals surface area contributed by atoms with E-state index in [1.54, 1.807) is 13.8 Å². The number of likely N-dealkylation sites (tertiary alicyclic amines) is 1. The highest BCUT2D eigenvalue weighted by Crippen LogP contribution is 2.19. The van der Waals surface area contributed by atoms with Crippen LogP contribution in [0.4, 0.5) is 0 Å². The van der Waals surface area contributed by atoms with Gasteiger partial charge in [0.1, 0.15) is 30.2 Å². The van der Waals surface area contributed by atoms with E-state index in [2.05, 4.69) is 41.5 Å². The molecule has 1 fully saturated rings. The Bertz CT molecular complexity index is 1650. The second-order valence-corrected chi connectivity index (χ2v) is 14.0. The molecule has 322 valence electrons. The van der Waals surface area contributed by atoms with E-state index in [1.165, 1.54) is 12.5 Å². The molecule has 0 spiro atoms. The average molecular weight is 823 g/mol. The van der Waals surface area contributed by atoms with Crippen LogP contribution in [0.2, 0.25) is 0 Å². The van der Waals surface area contributed by atoms with Crippen LogP contribution in [0.15, 0.2) is 17.5 Å². The van der Waals surface area contributed by atoms with Crippen molar-refractivity contribution in [1.82, 2.24) is 41.5 Å². The smallest absolute Gasteiger partial charge is 0.326 e. The molecule has 1 aliphatic rings. The van der Waals surface area contributed by atoms with Crippen LogP contribution >= 0.6 is 0 Å². The van der Waals surface area contributed by atoms with Gasteiger partial charge in [0.25, 0.3) is 0 Å². The van der Waals surface area contributed by atoms with Crippen molar-refractivity contribution in [3.63, 3.8) is 0 Å². The molecule has 0 radical (unpaired) electrons. The highest BCUT2D eigenvalue weighted by molar-refractivity contribution is 5.96. The Morgan fingerprint density at radius 3 is 2.12 bits per heavy atom. The number of nitrogens with two attached hydrogens (primary N) is 3. The molecule has 24 heteroatoms. The first-order valence-corrected chi connectivity index (χ1v) is 18.5. The van der Waals surface area contributed by atoms with Crippen LogP contribution in [0.1, 0.15) is 70.9 Å². The number of carbonyl (C=O) groups is 9. The monoisotopic (exact) mass is 822 g/mol. The Morgan fingerprint density at radius 1 is 0.897 bits per heavy atom. The third-order valence-electron chi connectivity index (χ3n) is 8.78. The standard InChI is InChI=1S/C34H54N12O12/c1-17(2)11-22(29(53)43-20(5-3-9-39-34(36)37)28(52)44-21(33(57)58)7-8-26(48)49)45-30(54)23(12-18-14-38-16-41-18)42-25(47)15-40-31(55)24-6-4-10-46(24)32(56)19(35)13-27(50)51/h14,16-17,19-24H,3-13,15,35H2,1-2H3,(H,38,41)(H,40,55)(H,42,47)(H,43,53)(H,44,52)(H,45,54)(H,48,49)(H,50,51)(H,57,58)(H4,36,37,39)/t19-,20-,21-,22-,23-,24-/m0/s1. The number of aliphatic imine (C=N–C) groups is 1. The summed E-state index contributed by atoms with van der Waals surface area (Å²) < 4.78 is 0. The number of hydrogen-bond donors (Lipinski definition) is 12. The highest BCUT2D eigenvalue weighted by atomic mass is 16.4. The van der Waals surface area contributed by atoms with Crippen molar-refractivity contribution in [2.45, 2.75) is 108 Å². The summed E-state index contributed by atoms with van der Waals surface area (Å²) in [7, 11) is 0. The van der Waals surface area contributed by atoms with E-state index in [4.69, 9.17) is 27.4 Å². The van der Waals surface area contributed by atoms with Gasteiger partial charge < -0.3 is 69.0 Å². The lowest BCUT2D eigenvalue weighted by Crippen LogP contribution is -2.58. The van der Waals surface area contributed by atoms with E-state index in [0.717, 1.165) is 4.90 Å². The molecule has 1 aromatic heterocycles. The number of carboxylic acids is 3. The summed E-state index contributed by atoms with van der Waals surface area (Å²) in [6, 6.07) is -7.96. The quantitative estimate of drug-likeness (QED) is 0.0253. The molecule has 6 amide bonds. The van der Waals surface area contributed by atoms with Gasteiger partial charge in [-0.1, -0.05) is 13.8 Å². The average Bonchev–Trinajstić information content (AvgIpc) is 3.84.